The molecule has 5 rings (SSSR count). The molecular weight excluding hydrogens is 603 g/mol. The fourth-order valence-electron chi connectivity index (χ4n) is 4.26. The second-order valence-corrected chi connectivity index (χ2v) is 10.5. The molecule has 4 aromatic carbocycles. The summed E-state index contributed by atoms with van der Waals surface area (Å²) in [7, 11) is 1.47. The van der Waals surface area contributed by atoms with E-state index in [9.17, 15) is 9.59 Å². The predicted octanol–water partition coefficient (Wildman–Crippen LogP) is 7.98. The summed E-state index contributed by atoms with van der Waals surface area (Å²) in [6.45, 7) is 0.110. The van der Waals surface area contributed by atoms with Gasteiger partial charge in [0.1, 0.15) is 12.2 Å². The van der Waals surface area contributed by atoms with Crippen LogP contribution in [0, 0.1) is 0 Å². The van der Waals surface area contributed by atoms with Crippen LogP contribution in [0.3, 0.4) is 0 Å². The summed E-state index contributed by atoms with van der Waals surface area (Å²) in [5.41, 5.74) is 2.11. The van der Waals surface area contributed by atoms with Crippen molar-refractivity contribution in [2.75, 3.05) is 16.9 Å². The van der Waals surface area contributed by atoms with E-state index >= 15 is 0 Å². The molecule has 41 heavy (non-hydrogen) atoms. The topological polar surface area (TPSA) is 59.1 Å². The summed E-state index contributed by atoms with van der Waals surface area (Å²) in [5.74, 6) is -0.542. The van der Waals surface area contributed by atoms with Crippen molar-refractivity contribution >= 4 is 81.4 Å². The number of ether oxygens (including phenoxy) is 2. The summed E-state index contributed by atoms with van der Waals surface area (Å²) in [5, 5.41) is 1.23. The summed E-state index contributed by atoms with van der Waals surface area (Å²) >= 11 is 24.5. The molecule has 0 spiro atoms. The average Bonchev–Trinajstić information content (AvgIpc) is 2.96. The molecule has 6 nitrogen and oxygen atoms in total. The molecule has 0 aliphatic carbocycles. The molecular formula is C31H21Cl3N2O4S. The van der Waals surface area contributed by atoms with E-state index in [1.807, 2.05) is 12.1 Å². The predicted molar refractivity (Wildman–Crippen MR) is 167 cm³/mol. The average molecular weight is 624 g/mol. The number of thiocarbonyl (C=S) groups is 1. The van der Waals surface area contributed by atoms with Crippen molar-refractivity contribution in [1.82, 2.24) is 0 Å². The molecule has 0 unspecified atom stereocenters. The molecule has 4 aromatic rings. The van der Waals surface area contributed by atoms with Crippen molar-refractivity contribution < 1.29 is 19.1 Å². The van der Waals surface area contributed by atoms with Gasteiger partial charge in [-0.2, -0.15) is 0 Å². The molecule has 1 aliphatic rings. The molecule has 1 saturated heterocycles. The number of carbonyl (C=O) groups is 2. The highest BCUT2D eigenvalue weighted by Crippen LogP contribution is 2.39. The summed E-state index contributed by atoms with van der Waals surface area (Å²) in [6.07, 6.45) is 1.46. The Morgan fingerprint density at radius 3 is 1.90 bits per heavy atom. The first kappa shape index (κ1) is 28.6. The minimum atomic E-state index is -0.564. The zero-order valence-electron chi connectivity index (χ0n) is 21.5. The minimum Gasteiger partial charge on any atom is -0.493 e. The Bertz CT molecular complexity index is 1620. The van der Waals surface area contributed by atoms with Gasteiger partial charge in [-0.15, -0.1) is 0 Å². The lowest BCUT2D eigenvalue weighted by Gasteiger charge is -2.36. The van der Waals surface area contributed by atoms with E-state index in [-0.39, 0.29) is 28.1 Å². The first-order chi connectivity index (χ1) is 19.8. The van der Waals surface area contributed by atoms with E-state index < -0.39 is 11.8 Å². The number of nitrogens with zero attached hydrogens (tertiary/aromatic N) is 2. The number of hydrogen-bond donors (Lipinski definition) is 0. The second kappa shape index (κ2) is 12.3. The second-order valence-electron chi connectivity index (χ2n) is 8.85. The largest absolute Gasteiger partial charge is 0.493 e. The molecule has 206 valence electrons. The van der Waals surface area contributed by atoms with E-state index in [1.165, 1.54) is 23.0 Å². The number of anilines is 2. The highest BCUT2D eigenvalue weighted by Gasteiger charge is 2.41. The number of amides is 2. The number of carbonyl (C=O) groups excluding carboxylic acids is 2. The molecule has 1 heterocycles. The van der Waals surface area contributed by atoms with Gasteiger partial charge in [0, 0.05) is 15.6 Å². The highest BCUT2D eigenvalue weighted by molar-refractivity contribution is 7.81. The van der Waals surface area contributed by atoms with E-state index in [1.54, 1.807) is 78.9 Å². The number of methoxy groups -OCH3 is 1. The van der Waals surface area contributed by atoms with Crippen molar-refractivity contribution in [2.45, 2.75) is 6.61 Å². The molecule has 0 atom stereocenters. The molecule has 1 fully saturated rings. The Balaban J connectivity index is 1.53. The van der Waals surface area contributed by atoms with Crippen molar-refractivity contribution in [2.24, 2.45) is 0 Å². The van der Waals surface area contributed by atoms with Crippen molar-refractivity contribution in [3.8, 4) is 11.5 Å². The quantitative estimate of drug-likeness (QED) is 0.119. The monoisotopic (exact) mass is 622 g/mol. The van der Waals surface area contributed by atoms with Gasteiger partial charge in [0.25, 0.3) is 11.8 Å². The lowest BCUT2D eigenvalue weighted by atomic mass is 10.0. The van der Waals surface area contributed by atoms with E-state index in [0.717, 1.165) is 0 Å². The van der Waals surface area contributed by atoms with Crippen LogP contribution in [-0.4, -0.2) is 24.0 Å². The fourth-order valence-corrected chi connectivity index (χ4v) is 5.37. The van der Waals surface area contributed by atoms with E-state index in [2.05, 4.69) is 0 Å². The third kappa shape index (κ3) is 5.94. The van der Waals surface area contributed by atoms with Crippen LogP contribution < -0.4 is 19.3 Å². The first-order valence-corrected chi connectivity index (χ1v) is 13.8. The van der Waals surface area contributed by atoms with E-state index in [0.29, 0.717) is 38.3 Å². The molecule has 0 radical (unpaired) electrons. The van der Waals surface area contributed by atoms with E-state index in [4.69, 9.17) is 56.5 Å². The van der Waals surface area contributed by atoms with Gasteiger partial charge in [-0.25, -0.2) is 0 Å². The number of halogens is 3. The normalized spacial score (nSPS) is 13.5. The van der Waals surface area contributed by atoms with Crippen molar-refractivity contribution in [3.05, 3.63) is 123 Å². The lowest BCUT2D eigenvalue weighted by molar-refractivity contribution is -0.120. The Kier molecular flexibility index (Phi) is 8.61. The molecule has 0 saturated carbocycles. The maximum Gasteiger partial charge on any atom is 0.270 e. The van der Waals surface area contributed by atoms with Gasteiger partial charge in [0.05, 0.1) is 23.5 Å². The Hall–Kier alpha value is -3.88. The Labute approximate surface area is 257 Å². The van der Waals surface area contributed by atoms with Crippen LogP contribution in [0.25, 0.3) is 6.08 Å². The van der Waals surface area contributed by atoms with Crippen LogP contribution in [0.4, 0.5) is 11.4 Å². The highest BCUT2D eigenvalue weighted by atomic mass is 35.5. The third-order valence-electron chi connectivity index (χ3n) is 6.23. The fraction of sp³-hybridized carbons (Fsp3) is 0.0645. The minimum absolute atomic E-state index is 0.0507. The third-order valence-corrected chi connectivity index (χ3v) is 7.46. The van der Waals surface area contributed by atoms with Crippen LogP contribution in [0.5, 0.6) is 11.5 Å². The molecule has 0 N–H and O–H groups in total. The smallest absolute Gasteiger partial charge is 0.270 e. The van der Waals surface area contributed by atoms with Gasteiger partial charge in [-0.3, -0.25) is 19.4 Å². The van der Waals surface area contributed by atoms with Crippen molar-refractivity contribution in [1.29, 1.82) is 0 Å². The molecule has 0 aromatic heterocycles. The summed E-state index contributed by atoms with van der Waals surface area (Å²) in [4.78, 5) is 30.2. The maximum absolute atomic E-state index is 13.8. The Morgan fingerprint density at radius 2 is 1.37 bits per heavy atom. The Morgan fingerprint density at radius 1 is 0.780 bits per heavy atom. The van der Waals surface area contributed by atoms with Gasteiger partial charge in [0.2, 0.25) is 0 Å². The van der Waals surface area contributed by atoms with Crippen LogP contribution in [0.1, 0.15) is 11.1 Å². The summed E-state index contributed by atoms with van der Waals surface area (Å²) < 4.78 is 11.5. The zero-order valence-corrected chi connectivity index (χ0v) is 24.6. The SMILES string of the molecule is COc1cc(C=C2C(=O)N(c3ccccc3)C(=S)N(c3ccccc3)C2=O)cc(Cl)c1OCc1ccc(Cl)cc1Cl. The number of hydrogen-bond acceptors (Lipinski definition) is 5. The van der Waals surface area contributed by atoms with Gasteiger partial charge < -0.3 is 9.47 Å². The van der Waals surface area contributed by atoms with Gasteiger partial charge in [-0.1, -0.05) is 77.3 Å². The van der Waals surface area contributed by atoms with Crippen molar-refractivity contribution in [3.63, 3.8) is 0 Å². The lowest BCUT2D eigenvalue weighted by Crippen LogP contribution is -2.56. The molecule has 2 amide bonds. The summed E-state index contributed by atoms with van der Waals surface area (Å²) in [6, 6.07) is 26.1. The molecule has 10 heteroatoms. The van der Waals surface area contributed by atoms with Crippen LogP contribution in [-0.2, 0) is 16.2 Å². The number of rotatable bonds is 7. The molecule has 1 aliphatic heterocycles. The van der Waals surface area contributed by atoms with Crippen LogP contribution >= 0.6 is 47.0 Å². The van der Waals surface area contributed by atoms with Gasteiger partial charge >= 0.3 is 0 Å². The maximum atomic E-state index is 13.8. The number of benzene rings is 4. The zero-order chi connectivity index (χ0) is 29.1. The first-order valence-electron chi connectivity index (χ1n) is 12.3. The molecule has 0 bridgehead atoms. The number of para-hydroxylation sites is 2. The van der Waals surface area contributed by atoms with Crippen LogP contribution in [0.2, 0.25) is 15.1 Å². The van der Waals surface area contributed by atoms with Crippen LogP contribution in [0.15, 0.2) is 96.6 Å². The van der Waals surface area contributed by atoms with Gasteiger partial charge in [-0.05, 0) is 72.4 Å². The standard InChI is InChI=1S/C31H21Cl3N2O4S/c1-39-27-16-19(15-26(34)28(27)40-18-20-12-13-21(32)17-25(20)33)14-24-29(37)35(22-8-4-2-5-9-22)31(41)36(30(24)38)23-10-6-3-7-11-23/h2-17H,18H2,1H3. The van der Waals surface area contributed by atoms with Gasteiger partial charge in [0.15, 0.2) is 16.6 Å².